The van der Waals surface area contributed by atoms with Gasteiger partial charge < -0.3 is 25.9 Å². The number of piperidine rings is 1. The van der Waals surface area contributed by atoms with E-state index in [0.717, 1.165) is 24.3 Å². The van der Waals surface area contributed by atoms with E-state index in [2.05, 4.69) is 21.1 Å². The molecule has 0 amide bonds. The van der Waals surface area contributed by atoms with Crippen LogP contribution in [0.4, 0.5) is 23.2 Å². The standard InChI is InChI=1S/C21H26F4N4O2S/c22-15-8-27-9-17(15)29-16-4-1-3-13-14(7-21(23,24)25)18(32-19(13)16)10-28-31-12-20(30)5-2-6-26-11-20/h1,3-4,10,15,17,26-27,29-30H,2,5-9,11-12H2/b28-10+/t15-,17+,20?/m0/s1. The van der Waals surface area contributed by atoms with E-state index in [4.69, 9.17) is 4.84 Å². The lowest BCUT2D eigenvalue weighted by Gasteiger charge is -2.30. The normalized spacial score (nSPS) is 26.8. The number of alkyl halides is 4. The molecule has 0 aliphatic carbocycles. The van der Waals surface area contributed by atoms with Crippen LogP contribution in [-0.4, -0.2) is 68.1 Å². The highest BCUT2D eigenvalue weighted by molar-refractivity contribution is 7.21. The summed E-state index contributed by atoms with van der Waals surface area (Å²) in [5, 5.41) is 23.9. The SMILES string of the molecule is OC1(CO/N=C/c2sc3c(N[C@@H]4CNC[C@@H]4F)cccc3c2CC(F)(F)F)CCCNC1. The van der Waals surface area contributed by atoms with Crippen molar-refractivity contribution in [1.82, 2.24) is 10.6 Å². The van der Waals surface area contributed by atoms with E-state index in [0.29, 0.717) is 40.2 Å². The van der Waals surface area contributed by atoms with Crippen LogP contribution in [0.5, 0.6) is 0 Å². The summed E-state index contributed by atoms with van der Waals surface area (Å²) in [6.07, 6.45) is -3.94. The first-order valence-corrected chi connectivity index (χ1v) is 11.4. The molecule has 3 heterocycles. The van der Waals surface area contributed by atoms with Crippen LogP contribution in [0.25, 0.3) is 10.1 Å². The lowest BCUT2D eigenvalue weighted by Crippen LogP contribution is -2.48. The highest BCUT2D eigenvalue weighted by Gasteiger charge is 2.32. The lowest BCUT2D eigenvalue weighted by molar-refractivity contribution is -0.126. The molecule has 176 valence electrons. The molecule has 2 fully saturated rings. The Balaban J connectivity index is 1.58. The summed E-state index contributed by atoms with van der Waals surface area (Å²) < 4.78 is 54.6. The zero-order valence-corrected chi connectivity index (χ0v) is 18.2. The quantitative estimate of drug-likeness (QED) is 0.282. The van der Waals surface area contributed by atoms with Gasteiger partial charge in [-0.1, -0.05) is 17.3 Å². The number of thiophene rings is 1. The van der Waals surface area contributed by atoms with Crippen LogP contribution in [0.3, 0.4) is 0 Å². The molecule has 1 aromatic heterocycles. The number of benzene rings is 1. The number of hydrogen-bond acceptors (Lipinski definition) is 7. The minimum atomic E-state index is -4.40. The molecule has 11 heteroatoms. The molecular formula is C21H26F4N4O2S. The Bertz CT molecular complexity index is 959. The maximum Gasteiger partial charge on any atom is 0.393 e. The number of oxime groups is 1. The fourth-order valence-corrected chi connectivity index (χ4v) is 5.25. The molecule has 4 N–H and O–H groups in total. The van der Waals surface area contributed by atoms with Crippen LogP contribution in [0.1, 0.15) is 23.3 Å². The number of halogens is 4. The topological polar surface area (TPSA) is 77.9 Å². The predicted octanol–water partition coefficient (Wildman–Crippen LogP) is 3.19. The van der Waals surface area contributed by atoms with Crippen molar-refractivity contribution in [2.24, 2.45) is 5.16 Å². The van der Waals surface area contributed by atoms with Gasteiger partial charge >= 0.3 is 6.18 Å². The van der Waals surface area contributed by atoms with Crippen LogP contribution >= 0.6 is 11.3 Å². The van der Waals surface area contributed by atoms with Gasteiger partial charge in [0, 0.05) is 19.6 Å². The largest absolute Gasteiger partial charge is 0.393 e. The average molecular weight is 475 g/mol. The zero-order valence-electron chi connectivity index (χ0n) is 17.3. The van der Waals surface area contributed by atoms with Gasteiger partial charge in [-0.05, 0) is 36.4 Å². The number of nitrogens with one attached hydrogen (secondary N) is 3. The van der Waals surface area contributed by atoms with Crippen molar-refractivity contribution in [2.45, 2.75) is 43.3 Å². The van der Waals surface area contributed by atoms with Gasteiger partial charge in [0.1, 0.15) is 18.4 Å². The summed E-state index contributed by atoms with van der Waals surface area (Å²) in [6.45, 7) is 1.85. The molecule has 3 atom stereocenters. The number of anilines is 1. The van der Waals surface area contributed by atoms with Gasteiger partial charge in [0.05, 0.1) is 33.9 Å². The van der Waals surface area contributed by atoms with Crippen LogP contribution < -0.4 is 16.0 Å². The van der Waals surface area contributed by atoms with Gasteiger partial charge in [-0.25, -0.2) is 4.39 Å². The first-order chi connectivity index (χ1) is 15.2. The molecule has 1 unspecified atom stereocenters. The van der Waals surface area contributed by atoms with Gasteiger partial charge in [-0.2, -0.15) is 13.2 Å². The Hall–Kier alpha value is -1.95. The maximum absolute atomic E-state index is 14.0. The zero-order chi connectivity index (χ0) is 22.8. The van der Waals surface area contributed by atoms with Crippen molar-refractivity contribution in [2.75, 3.05) is 38.1 Å². The Morgan fingerprint density at radius 3 is 2.84 bits per heavy atom. The second-order valence-corrected chi connectivity index (χ2v) is 9.41. The third kappa shape index (κ3) is 5.51. The third-order valence-electron chi connectivity index (χ3n) is 5.74. The highest BCUT2D eigenvalue weighted by atomic mass is 32.1. The molecular weight excluding hydrogens is 448 g/mol. The Labute approximate surface area is 187 Å². The van der Waals surface area contributed by atoms with Crippen LogP contribution in [0.15, 0.2) is 23.4 Å². The Kier molecular flexibility index (Phi) is 6.89. The summed E-state index contributed by atoms with van der Waals surface area (Å²) in [5.41, 5.74) is -0.344. The molecule has 0 radical (unpaired) electrons. The second-order valence-electron chi connectivity index (χ2n) is 8.36. The fourth-order valence-electron chi connectivity index (χ4n) is 4.10. The summed E-state index contributed by atoms with van der Waals surface area (Å²) in [6, 6.07) is 4.59. The molecule has 0 bridgehead atoms. The maximum atomic E-state index is 14.0. The molecule has 2 aliphatic heterocycles. The van der Waals surface area contributed by atoms with Crippen molar-refractivity contribution in [1.29, 1.82) is 0 Å². The average Bonchev–Trinajstić information content (AvgIpc) is 3.29. The Morgan fingerprint density at radius 1 is 1.31 bits per heavy atom. The number of β-amino-alcohol motifs (C(OH)–C–C–N with tert-alkyl or cyclic N) is 1. The number of aliphatic hydroxyl groups is 1. The summed E-state index contributed by atoms with van der Waals surface area (Å²) >= 11 is 1.15. The van der Waals surface area contributed by atoms with Gasteiger partial charge in [-0.15, -0.1) is 11.3 Å². The molecule has 0 spiro atoms. The lowest BCUT2D eigenvalue weighted by atomic mass is 9.95. The minimum Gasteiger partial charge on any atom is -0.393 e. The van der Waals surface area contributed by atoms with Gasteiger partial charge in [-0.3, -0.25) is 0 Å². The fraction of sp³-hybridized carbons (Fsp3) is 0.571. The van der Waals surface area contributed by atoms with Gasteiger partial charge in [0.25, 0.3) is 0 Å². The van der Waals surface area contributed by atoms with Crippen molar-refractivity contribution in [3.8, 4) is 0 Å². The summed E-state index contributed by atoms with van der Waals surface area (Å²) in [5.74, 6) is 0. The molecule has 2 saturated heterocycles. The van der Waals surface area contributed by atoms with Crippen LogP contribution in [0, 0.1) is 0 Å². The van der Waals surface area contributed by atoms with E-state index in [1.807, 2.05) is 0 Å². The second kappa shape index (κ2) is 9.50. The van der Waals surface area contributed by atoms with E-state index in [9.17, 15) is 22.7 Å². The monoisotopic (exact) mass is 474 g/mol. The molecule has 2 aliphatic rings. The number of hydrogen-bond donors (Lipinski definition) is 4. The van der Waals surface area contributed by atoms with Crippen molar-refractivity contribution < 1.29 is 27.5 Å². The van der Waals surface area contributed by atoms with Crippen LogP contribution in [-0.2, 0) is 11.3 Å². The van der Waals surface area contributed by atoms with E-state index < -0.39 is 30.4 Å². The van der Waals surface area contributed by atoms with Crippen molar-refractivity contribution >= 4 is 33.3 Å². The van der Waals surface area contributed by atoms with Crippen LogP contribution in [0.2, 0.25) is 0 Å². The Morgan fingerprint density at radius 2 is 2.16 bits per heavy atom. The molecule has 2 aromatic rings. The minimum absolute atomic E-state index is 0.0463. The molecule has 0 saturated carbocycles. The van der Waals surface area contributed by atoms with E-state index >= 15 is 0 Å². The van der Waals surface area contributed by atoms with E-state index in [1.54, 1.807) is 18.2 Å². The smallest absolute Gasteiger partial charge is 0.393 e. The number of rotatable bonds is 7. The third-order valence-corrected chi connectivity index (χ3v) is 6.95. The van der Waals surface area contributed by atoms with Crippen molar-refractivity contribution in [3.63, 3.8) is 0 Å². The summed E-state index contributed by atoms with van der Waals surface area (Å²) in [7, 11) is 0. The van der Waals surface area contributed by atoms with Gasteiger partial charge in [0.2, 0.25) is 0 Å². The van der Waals surface area contributed by atoms with E-state index in [1.165, 1.54) is 6.21 Å². The molecule has 4 rings (SSSR count). The van der Waals surface area contributed by atoms with E-state index in [-0.39, 0.29) is 18.7 Å². The summed E-state index contributed by atoms with van der Waals surface area (Å²) in [4.78, 5) is 5.57. The number of nitrogens with zero attached hydrogens (tertiary/aromatic N) is 1. The molecule has 32 heavy (non-hydrogen) atoms. The first kappa shape index (κ1) is 23.2. The molecule has 6 nitrogen and oxygen atoms in total. The van der Waals surface area contributed by atoms with Gasteiger partial charge in [0.15, 0.2) is 0 Å². The highest BCUT2D eigenvalue weighted by Crippen LogP contribution is 2.39. The first-order valence-electron chi connectivity index (χ1n) is 10.5. The predicted molar refractivity (Wildman–Crippen MR) is 117 cm³/mol. The number of fused-ring (bicyclic) bond motifs is 1. The molecule has 1 aromatic carbocycles. The van der Waals surface area contributed by atoms with Crippen molar-refractivity contribution in [3.05, 3.63) is 28.6 Å².